The van der Waals surface area contributed by atoms with Gasteiger partial charge in [-0.05, 0) is 102 Å². The van der Waals surface area contributed by atoms with Gasteiger partial charge in [0, 0.05) is 5.92 Å². The van der Waals surface area contributed by atoms with Crippen LogP contribution in [0.15, 0.2) is 0 Å². The Morgan fingerprint density at radius 2 is 1.54 bits per heavy atom. The van der Waals surface area contributed by atoms with Gasteiger partial charge < -0.3 is 9.47 Å². The molecule has 0 aliphatic heterocycles. The second-order valence-electron chi connectivity index (χ2n) is 11.6. The highest BCUT2D eigenvalue weighted by molar-refractivity contribution is 5.76. The minimum absolute atomic E-state index is 0.0959. The normalized spacial score (nSPS) is 41.2. The lowest BCUT2D eigenvalue weighted by Gasteiger charge is -2.43. The van der Waals surface area contributed by atoms with E-state index in [1.54, 1.807) is 0 Å². The molecule has 0 saturated heterocycles. The van der Waals surface area contributed by atoms with Gasteiger partial charge >= 0.3 is 11.9 Å². The van der Waals surface area contributed by atoms with Gasteiger partial charge in [0.15, 0.2) is 0 Å². The molecule has 4 aliphatic carbocycles. The maximum Gasteiger partial charge on any atom is 0.311 e. The fourth-order valence-electron chi connectivity index (χ4n) is 7.10. The number of hydrogen-bond donors (Lipinski definition) is 0. The van der Waals surface area contributed by atoms with Gasteiger partial charge in [0.05, 0.1) is 11.8 Å². The molecule has 4 fully saturated rings. The van der Waals surface area contributed by atoms with Crippen LogP contribution in [0.3, 0.4) is 0 Å². The van der Waals surface area contributed by atoms with E-state index >= 15 is 0 Å². The molecule has 0 spiro atoms. The second-order valence-corrected chi connectivity index (χ2v) is 11.6. The van der Waals surface area contributed by atoms with E-state index in [4.69, 9.17) is 9.47 Å². The Bertz CT molecular complexity index is 645. The van der Waals surface area contributed by atoms with Crippen LogP contribution in [0, 0.1) is 46.8 Å². The molecule has 8 atom stereocenters. The van der Waals surface area contributed by atoms with Crippen LogP contribution >= 0.6 is 0 Å². The van der Waals surface area contributed by atoms with Crippen LogP contribution in [-0.4, -0.2) is 23.6 Å². The minimum atomic E-state index is -0.472. The van der Waals surface area contributed by atoms with Crippen molar-refractivity contribution in [1.29, 1.82) is 0 Å². The summed E-state index contributed by atoms with van der Waals surface area (Å²) in [6.07, 6.45) is 6.28. The molecule has 4 nitrogen and oxygen atoms in total. The molecule has 0 amide bonds. The first kappa shape index (κ1) is 20.2. The summed E-state index contributed by atoms with van der Waals surface area (Å²) in [6, 6.07) is 0. The molecule has 0 aromatic carbocycles. The summed E-state index contributed by atoms with van der Waals surface area (Å²) < 4.78 is 11.9. The number of ether oxygens (including phenoxy) is 2. The molecule has 28 heavy (non-hydrogen) atoms. The van der Waals surface area contributed by atoms with Crippen molar-refractivity contribution in [3.8, 4) is 0 Å². The number of rotatable bonds is 5. The maximum atomic E-state index is 12.9. The van der Waals surface area contributed by atoms with Crippen LogP contribution in [0.25, 0.3) is 0 Å². The third kappa shape index (κ3) is 3.29. The van der Waals surface area contributed by atoms with E-state index in [1.807, 2.05) is 41.5 Å². The van der Waals surface area contributed by atoms with Crippen molar-refractivity contribution in [3.05, 3.63) is 0 Å². The SMILES string of the molecule is CCC(C)(C)C(=O)OC1C(CC(=O)OC(C)(C)C)C2CC1C1C3CCC(C3)C21. The topological polar surface area (TPSA) is 52.6 Å². The predicted molar refractivity (Wildman–Crippen MR) is 107 cm³/mol. The first-order valence-corrected chi connectivity index (χ1v) is 11.4. The number of fused-ring (bicyclic) bond motifs is 9. The minimum Gasteiger partial charge on any atom is -0.461 e. The van der Waals surface area contributed by atoms with Crippen molar-refractivity contribution >= 4 is 11.9 Å². The molecule has 0 aromatic heterocycles. The monoisotopic (exact) mass is 390 g/mol. The Morgan fingerprint density at radius 3 is 2.11 bits per heavy atom. The summed E-state index contributed by atoms with van der Waals surface area (Å²) in [7, 11) is 0. The third-order valence-corrected chi connectivity index (χ3v) is 8.48. The van der Waals surface area contributed by atoms with Gasteiger partial charge in [-0.25, -0.2) is 0 Å². The molecule has 4 saturated carbocycles. The maximum absolute atomic E-state index is 12.9. The summed E-state index contributed by atoms with van der Waals surface area (Å²) >= 11 is 0. The molecule has 0 radical (unpaired) electrons. The van der Waals surface area contributed by atoms with Crippen molar-refractivity contribution in [2.24, 2.45) is 46.8 Å². The molecule has 4 bridgehead atoms. The first-order valence-electron chi connectivity index (χ1n) is 11.4. The summed E-state index contributed by atoms with van der Waals surface area (Å²) in [5.41, 5.74) is -0.938. The van der Waals surface area contributed by atoms with Crippen LogP contribution in [-0.2, 0) is 19.1 Å². The van der Waals surface area contributed by atoms with Crippen molar-refractivity contribution in [1.82, 2.24) is 0 Å². The van der Waals surface area contributed by atoms with E-state index in [0.29, 0.717) is 18.3 Å². The van der Waals surface area contributed by atoms with E-state index in [9.17, 15) is 9.59 Å². The highest BCUT2D eigenvalue weighted by Crippen LogP contribution is 2.69. The number of esters is 2. The number of hydrogen-bond acceptors (Lipinski definition) is 4. The van der Waals surface area contributed by atoms with Gasteiger partial charge in [0.25, 0.3) is 0 Å². The van der Waals surface area contributed by atoms with Crippen LogP contribution in [0.5, 0.6) is 0 Å². The molecule has 0 aromatic rings. The standard InChI is InChI=1S/C24H38O4/c1-7-24(5,6)22(26)27-21-16(12-18(25)28-23(2,3)4)15-11-17(21)20-14-9-8-13(10-14)19(15)20/h13-17,19-21H,7-12H2,1-6H3. The zero-order valence-corrected chi connectivity index (χ0v) is 18.5. The quantitative estimate of drug-likeness (QED) is 0.490. The van der Waals surface area contributed by atoms with Crippen LogP contribution in [0.1, 0.15) is 80.1 Å². The zero-order chi connectivity index (χ0) is 20.4. The highest BCUT2D eigenvalue weighted by atomic mass is 16.6. The smallest absolute Gasteiger partial charge is 0.311 e. The average molecular weight is 391 g/mol. The fraction of sp³-hybridized carbons (Fsp3) is 0.917. The molecule has 8 unspecified atom stereocenters. The van der Waals surface area contributed by atoms with Crippen molar-refractivity contribution < 1.29 is 19.1 Å². The second kappa shape index (κ2) is 6.74. The van der Waals surface area contributed by atoms with Crippen LogP contribution < -0.4 is 0 Å². The highest BCUT2D eigenvalue weighted by Gasteiger charge is 2.67. The summed E-state index contributed by atoms with van der Waals surface area (Å²) in [4.78, 5) is 25.6. The van der Waals surface area contributed by atoms with Crippen molar-refractivity contribution in [2.75, 3.05) is 0 Å². The molecule has 158 valence electrons. The largest absolute Gasteiger partial charge is 0.461 e. The van der Waals surface area contributed by atoms with Crippen molar-refractivity contribution in [3.63, 3.8) is 0 Å². The molecule has 4 aliphatic rings. The molecule has 4 rings (SSSR count). The van der Waals surface area contributed by atoms with E-state index in [0.717, 1.165) is 36.5 Å². The zero-order valence-electron chi connectivity index (χ0n) is 18.5. The Balaban J connectivity index is 1.55. The Kier molecular flexibility index (Phi) is 4.87. The van der Waals surface area contributed by atoms with E-state index in [1.165, 1.54) is 19.3 Å². The van der Waals surface area contributed by atoms with E-state index in [2.05, 4.69) is 0 Å². The molecule has 4 heteroatoms. The van der Waals surface area contributed by atoms with Gasteiger partial charge in [-0.3, -0.25) is 9.59 Å². The van der Waals surface area contributed by atoms with Gasteiger partial charge in [0.2, 0.25) is 0 Å². The van der Waals surface area contributed by atoms with Crippen LogP contribution in [0.4, 0.5) is 0 Å². The lowest BCUT2D eigenvalue weighted by molar-refractivity contribution is -0.174. The molecular weight excluding hydrogens is 352 g/mol. The Hall–Kier alpha value is -1.06. The first-order chi connectivity index (χ1) is 13.0. The Morgan fingerprint density at radius 1 is 0.929 bits per heavy atom. The molecular formula is C24H38O4. The molecule has 0 heterocycles. The van der Waals surface area contributed by atoms with Crippen LogP contribution in [0.2, 0.25) is 0 Å². The lowest BCUT2D eigenvalue weighted by atomic mass is 9.65. The predicted octanol–water partition coefficient (Wildman–Crippen LogP) is 4.99. The third-order valence-electron chi connectivity index (χ3n) is 8.48. The number of carbonyl (C=O) groups is 2. The summed E-state index contributed by atoms with van der Waals surface area (Å²) in [6.45, 7) is 11.7. The number of carbonyl (C=O) groups excluding carboxylic acids is 2. The summed E-state index contributed by atoms with van der Waals surface area (Å²) in [5, 5.41) is 0. The van der Waals surface area contributed by atoms with Crippen molar-refractivity contribution in [2.45, 2.75) is 91.8 Å². The van der Waals surface area contributed by atoms with Gasteiger partial charge in [0.1, 0.15) is 11.7 Å². The Labute approximate surface area is 170 Å². The average Bonchev–Trinajstić information content (AvgIpc) is 3.32. The summed E-state index contributed by atoms with van der Waals surface area (Å²) in [5.74, 6) is 4.03. The van der Waals surface area contributed by atoms with Gasteiger partial charge in [-0.2, -0.15) is 0 Å². The van der Waals surface area contributed by atoms with Gasteiger partial charge in [-0.1, -0.05) is 6.92 Å². The van der Waals surface area contributed by atoms with E-state index < -0.39 is 11.0 Å². The molecule has 0 N–H and O–H groups in total. The lowest BCUT2D eigenvalue weighted by Crippen LogP contribution is -2.45. The van der Waals surface area contributed by atoms with Gasteiger partial charge in [-0.15, -0.1) is 0 Å². The fourth-order valence-corrected chi connectivity index (χ4v) is 7.10. The van der Waals surface area contributed by atoms with E-state index in [-0.39, 0.29) is 24.0 Å².